The van der Waals surface area contributed by atoms with Gasteiger partial charge in [0.15, 0.2) is 5.96 Å². The van der Waals surface area contributed by atoms with Crippen LogP contribution in [0.15, 0.2) is 4.99 Å². The van der Waals surface area contributed by atoms with Crippen LogP contribution in [0.4, 0.5) is 0 Å². The first-order valence-corrected chi connectivity index (χ1v) is 5.99. The van der Waals surface area contributed by atoms with Crippen LogP contribution in [-0.2, 0) is 4.79 Å². The summed E-state index contributed by atoms with van der Waals surface area (Å²) in [5.74, 6) is 0.464. The van der Waals surface area contributed by atoms with Crippen LogP contribution in [0, 0.1) is 0 Å². The Labute approximate surface area is 120 Å². The second-order valence-corrected chi connectivity index (χ2v) is 4.23. The van der Waals surface area contributed by atoms with Crippen molar-refractivity contribution in [3.63, 3.8) is 0 Å². The second kappa shape index (κ2) is 9.49. The average molecular weight is 354 g/mol. The fraction of sp³-hybridized carbons (Fsp3) is 0.818. The third-order valence-electron chi connectivity index (χ3n) is 2.73. The van der Waals surface area contributed by atoms with Gasteiger partial charge in [-0.1, -0.05) is 19.3 Å². The van der Waals surface area contributed by atoms with E-state index >= 15 is 0 Å². The molecule has 0 radical (unpaired) electrons. The van der Waals surface area contributed by atoms with Crippen LogP contribution in [-0.4, -0.2) is 31.0 Å². The van der Waals surface area contributed by atoms with Gasteiger partial charge in [0, 0.05) is 19.5 Å². The van der Waals surface area contributed by atoms with Crippen LogP contribution in [0.5, 0.6) is 0 Å². The summed E-state index contributed by atoms with van der Waals surface area (Å²) in [6, 6.07) is 0.485. The Hall–Kier alpha value is -0.530. The number of halogens is 1. The highest BCUT2D eigenvalue weighted by Gasteiger charge is 2.12. The molecule has 6 heteroatoms. The lowest BCUT2D eigenvalue weighted by molar-refractivity contribution is -0.118. The van der Waals surface area contributed by atoms with Crippen molar-refractivity contribution in [1.29, 1.82) is 0 Å². The van der Waals surface area contributed by atoms with Crippen LogP contribution in [0.25, 0.3) is 0 Å². The predicted octanol–water partition coefficient (Wildman–Crippen LogP) is 0.977. The number of guanidine groups is 1. The third-order valence-corrected chi connectivity index (χ3v) is 2.73. The monoisotopic (exact) mass is 354 g/mol. The quantitative estimate of drug-likeness (QED) is 0.305. The molecule has 1 aliphatic carbocycles. The van der Waals surface area contributed by atoms with Gasteiger partial charge in [0.25, 0.3) is 0 Å². The number of nitrogens with two attached hydrogens (primary N) is 1. The average Bonchev–Trinajstić information content (AvgIpc) is 2.25. The third kappa shape index (κ3) is 8.23. The van der Waals surface area contributed by atoms with Crippen molar-refractivity contribution in [2.45, 2.75) is 45.1 Å². The zero-order valence-electron chi connectivity index (χ0n) is 10.4. The molecule has 0 heterocycles. The Morgan fingerprint density at radius 3 is 2.59 bits per heavy atom. The summed E-state index contributed by atoms with van der Waals surface area (Å²) in [7, 11) is 0. The van der Waals surface area contributed by atoms with Gasteiger partial charge in [0.2, 0.25) is 5.91 Å². The molecule has 0 saturated heterocycles. The standard InChI is InChI=1S/C11H22N4O.HI/c1-9(16)13-7-8-14-11(12)15-10-5-3-2-4-6-10;/h10H,2-8H2,1H3,(H,13,16)(H3,12,14,15);1H. The van der Waals surface area contributed by atoms with E-state index in [0.717, 1.165) is 0 Å². The highest BCUT2D eigenvalue weighted by atomic mass is 127. The maximum atomic E-state index is 10.6. The van der Waals surface area contributed by atoms with Crippen LogP contribution >= 0.6 is 24.0 Å². The molecule has 0 spiro atoms. The van der Waals surface area contributed by atoms with E-state index < -0.39 is 0 Å². The summed E-state index contributed by atoms with van der Waals surface area (Å²) in [6.07, 6.45) is 6.25. The Bertz CT molecular complexity index is 252. The van der Waals surface area contributed by atoms with Crippen LogP contribution < -0.4 is 16.4 Å². The van der Waals surface area contributed by atoms with Gasteiger partial charge in [-0.25, -0.2) is 0 Å². The molecule has 1 fully saturated rings. The molecule has 17 heavy (non-hydrogen) atoms. The van der Waals surface area contributed by atoms with Gasteiger partial charge in [-0.2, -0.15) is 0 Å². The maximum absolute atomic E-state index is 10.6. The second-order valence-electron chi connectivity index (χ2n) is 4.23. The number of amides is 1. The van der Waals surface area contributed by atoms with E-state index in [9.17, 15) is 4.79 Å². The van der Waals surface area contributed by atoms with Crippen molar-refractivity contribution in [3.8, 4) is 0 Å². The topological polar surface area (TPSA) is 79.5 Å². The molecule has 0 bridgehead atoms. The van der Waals surface area contributed by atoms with Crippen molar-refractivity contribution in [1.82, 2.24) is 10.6 Å². The maximum Gasteiger partial charge on any atom is 0.216 e. The molecule has 0 unspecified atom stereocenters. The molecule has 1 saturated carbocycles. The normalized spacial score (nSPS) is 17.1. The summed E-state index contributed by atoms with van der Waals surface area (Å²) in [5, 5.41) is 5.90. The minimum absolute atomic E-state index is 0. The number of nitrogens with zero attached hydrogens (tertiary/aromatic N) is 1. The number of carbonyl (C=O) groups excluding carboxylic acids is 1. The van der Waals surface area contributed by atoms with Crippen molar-refractivity contribution in [2.24, 2.45) is 10.7 Å². The molecular formula is C11H23IN4O. The Morgan fingerprint density at radius 2 is 2.00 bits per heavy atom. The molecule has 0 atom stereocenters. The zero-order chi connectivity index (χ0) is 11.8. The van der Waals surface area contributed by atoms with Crippen LogP contribution in [0.3, 0.4) is 0 Å². The number of aliphatic imine (C=N–C) groups is 1. The first kappa shape index (κ1) is 16.5. The van der Waals surface area contributed by atoms with Gasteiger partial charge in [-0.15, -0.1) is 24.0 Å². The lowest BCUT2D eigenvalue weighted by Gasteiger charge is -2.23. The Morgan fingerprint density at radius 1 is 1.35 bits per heavy atom. The van der Waals surface area contributed by atoms with Crippen molar-refractivity contribution in [2.75, 3.05) is 13.1 Å². The molecule has 5 nitrogen and oxygen atoms in total. The van der Waals surface area contributed by atoms with E-state index in [1.807, 2.05) is 0 Å². The molecule has 0 aromatic rings. The largest absolute Gasteiger partial charge is 0.370 e. The fourth-order valence-corrected chi connectivity index (χ4v) is 1.91. The number of carbonyl (C=O) groups is 1. The highest BCUT2D eigenvalue weighted by molar-refractivity contribution is 14.0. The summed E-state index contributed by atoms with van der Waals surface area (Å²) >= 11 is 0. The molecule has 100 valence electrons. The van der Waals surface area contributed by atoms with E-state index in [2.05, 4.69) is 15.6 Å². The number of hydrogen-bond acceptors (Lipinski definition) is 2. The number of hydrogen-bond donors (Lipinski definition) is 3. The van der Waals surface area contributed by atoms with Crippen molar-refractivity contribution < 1.29 is 4.79 Å². The molecule has 1 rings (SSSR count). The molecule has 1 amide bonds. The number of rotatable bonds is 4. The summed E-state index contributed by atoms with van der Waals surface area (Å²) in [5.41, 5.74) is 5.75. The van der Waals surface area contributed by atoms with E-state index in [4.69, 9.17) is 5.73 Å². The van der Waals surface area contributed by atoms with E-state index in [0.29, 0.717) is 25.1 Å². The van der Waals surface area contributed by atoms with Crippen molar-refractivity contribution in [3.05, 3.63) is 0 Å². The van der Waals surface area contributed by atoms with Gasteiger partial charge in [-0.3, -0.25) is 9.79 Å². The van der Waals surface area contributed by atoms with E-state index in [1.54, 1.807) is 0 Å². The molecule has 0 aromatic heterocycles. The molecular weight excluding hydrogens is 331 g/mol. The fourth-order valence-electron chi connectivity index (χ4n) is 1.91. The lowest BCUT2D eigenvalue weighted by atomic mass is 9.96. The number of nitrogens with one attached hydrogen (secondary N) is 2. The predicted molar refractivity (Wildman–Crippen MR) is 80.6 cm³/mol. The van der Waals surface area contributed by atoms with Crippen LogP contribution in [0.2, 0.25) is 0 Å². The molecule has 1 aliphatic rings. The summed E-state index contributed by atoms with van der Waals surface area (Å²) < 4.78 is 0. The van der Waals surface area contributed by atoms with E-state index in [1.165, 1.54) is 39.0 Å². The van der Waals surface area contributed by atoms with Crippen molar-refractivity contribution >= 4 is 35.8 Å². The zero-order valence-corrected chi connectivity index (χ0v) is 12.7. The summed E-state index contributed by atoms with van der Waals surface area (Å²) in [6.45, 7) is 2.57. The van der Waals surface area contributed by atoms with Gasteiger partial charge < -0.3 is 16.4 Å². The van der Waals surface area contributed by atoms with Gasteiger partial charge in [-0.05, 0) is 12.8 Å². The van der Waals surface area contributed by atoms with Gasteiger partial charge in [0.05, 0.1) is 6.54 Å². The van der Waals surface area contributed by atoms with Gasteiger partial charge in [0.1, 0.15) is 0 Å². The molecule has 0 aliphatic heterocycles. The molecule has 0 aromatic carbocycles. The lowest BCUT2D eigenvalue weighted by Crippen LogP contribution is -2.41. The first-order chi connectivity index (χ1) is 7.68. The Balaban J connectivity index is 0.00000256. The smallest absolute Gasteiger partial charge is 0.216 e. The summed E-state index contributed by atoms with van der Waals surface area (Å²) in [4.78, 5) is 14.8. The minimum atomic E-state index is -0.0333. The Kier molecular flexibility index (Phi) is 9.20. The van der Waals surface area contributed by atoms with Gasteiger partial charge >= 0.3 is 0 Å². The first-order valence-electron chi connectivity index (χ1n) is 5.99. The molecule has 4 N–H and O–H groups in total. The SMILES string of the molecule is CC(=O)NCCN=C(N)NC1CCCCC1.I. The van der Waals surface area contributed by atoms with E-state index in [-0.39, 0.29) is 29.9 Å². The minimum Gasteiger partial charge on any atom is -0.370 e. The van der Waals surface area contributed by atoms with Crippen LogP contribution in [0.1, 0.15) is 39.0 Å². The highest BCUT2D eigenvalue weighted by Crippen LogP contribution is 2.16.